The molecule has 1 aromatic carbocycles. The van der Waals surface area contributed by atoms with Crippen molar-refractivity contribution in [3.63, 3.8) is 0 Å². The van der Waals surface area contributed by atoms with E-state index in [0.29, 0.717) is 0 Å². The minimum absolute atomic E-state index is 0.0869. The smallest absolute Gasteiger partial charge is 0.0855 e. The maximum absolute atomic E-state index is 5.31. The fraction of sp³-hybridized carbons (Fsp3) is 0.333. The van der Waals surface area contributed by atoms with Crippen molar-refractivity contribution in [2.75, 3.05) is 0 Å². The highest BCUT2D eigenvalue weighted by Gasteiger charge is 2.04. The van der Waals surface area contributed by atoms with E-state index in [1.807, 2.05) is 0 Å². The average Bonchev–Trinajstić information content (AvgIpc) is 2.12. The molecule has 0 spiro atoms. The molecule has 2 heteroatoms. The first kappa shape index (κ1) is 10.8. The molecule has 0 aliphatic rings. The number of hydrogen-bond acceptors (Lipinski definition) is 2. The maximum Gasteiger partial charge on any atom is 0.0855 e. The Bertz CT molecular complexity index is 330. The lowest BCUT2D eigenvalue weighted by Crippen LogP contribution is -2.35. The zero-order valence-corrected chi connectivity index (χ0v) is 8.67. The molecule has 0 amide bonds. The van der Waals surface area contributed by atoms with Gasteiger partial charge in [-0.2, -0.15) is 0 Å². The Kier molecular flexibility index (Phi) is 3.70. The summed E-state index contributed by atoms with van der Waals surface area (Å²) in [6, 6.07) is 6.32. The number of hydrazine groups is 1. The topological polar surface area (TPSA) is 38.0 Å². The van der Waals surface area contributed by atoms with Gasteiger partial charge in [0.1, 0.15) is 0 Å². The van der Waals surface area contributed by atoms with Gasteiger partial charge >= 0.3 is 0 Å². The number of rotatable bonds is 3. The molecule has 0 saturated carbocycles. The second-order valence-electron chi connectivity index (χ2n) is 3.59. The van der Waals surface area contributed by atoms with Crippen molar-refractivity contribution in [1.82, 2.24) is 5.43 Å². The van der Waals surface area contributed by atoms with Gasteiger partial charge in [0.2, 0.25) is 0 Å². The minimum atomic E-state index is -0.0869. The largest absolute Gasteiger partial charge is 0.270 e. The Morgan fingerprint density at radius 3 is 2.36 bits per heavy atom. The molecule has 0 radical (unpaired) electrons. The maximum atomic E-state index is 5.31. The first-order valence-electron chi connectivity index (χ1n) is 4.65. The molecule has 74 valence electrons. The van der Waals surface area contributed by atoms with E-state index in [1.165, 1.54) is 16.7 Å². The summed E-state index contributed by atoms with van der Waals surface area (Å²) in [6.07, 6.45) is 6.09. The summed E-state index contributed by atoms with van der Waals surface area (Å²) in [4.78, 5) is 0. The normalized spacial score (nSPS) is 12.1. The van der Waals surface area contributed by atoms with Crippen LogP contribution in [0.3, 0.4) is 0 Å². The molecule has 2 nitrogen and oxygen atoms in total. The zero-order chi connectivity index (χ0) is 10.6. The van der Waals surface area contributed by atoms with Crippen molar-refractivity contribution >= 4 is 0 Å². The van der Waals surface area contributed by atoms with Gasteiger partial charge in [0, 0.05) is 6.42 Å². The number of aryl methyl sites for hydroxylation is 2. The first-order valence-corrected chi connectivity index (χ1v) is 4.65. The van der Waals surface area contributed by atoms with E-state index >= 15 is 0 Å². The standard InChI is InChI=1S/C12H16N2/c1-4-12(14-13)8-11-6-9(2)5-10(3)7-11/h1,5-7,12,14H,8,13H2,2-3H3. The molecule has 14 heavy (non-hydrogen) atoms. The molecule has 1 unspecified atom stereocenters. The number of hydrogen-bond donors (Lipinski definition) is 2. The van der Waals surface area contributed by atoms with Crippen LogP contribution in [0, 0.1) is 26.2 Å². The van der Waals surface area contributed by atoms with E-state index in [-0.39, 0.29) is 6.04 Å². The second kappa shape index (κ2) is 4.80. The molecule has 0 saturated heterocycles. The van der Waals surface area contributed by atoms with Crippen LogP contribution < -0.4 is 11.3 Å². The molecular formula is C12H16N2. The van der Waals surface area contributed by atoms with Gasteiger partial charge in [0.05, 0.1) is 6.04 Å². The minimum Gasteiger partial charge on any atom is -0.270 e. The first-order chi connectivity index (χ1) is 6.65. The van der Waals surface area contributed by atoms with Crippen LogP contribution in [0.2, 0.25) is 0 Å². The Morgan fingerprint density at radius 2 is 1.93 bits per heavy atom. The van der Waals surface area contributed by atoms with Gasteiger partial charge in [0.15, 0.2) is 0 Å². The van der Waals surface area contributed by atoms with Crippen molar-refractivity contribution in [3.05, 3.63) is 34.9 Å². The Labute approximate surface area is 85.5 Å². The highest BCUT2D eigenvalue weighted by molar-refractivity contribution is 5.29. The van der Waals surface area contributed by atoms with Crippen LogP contribution in [0.25, 0.3) is 0 Å². The molecule has 3 N–H and O–H groups in total. The van der Waals surface area contributed by atoms with E-state index in [0.717, 1.165) is 6.42 Å². The number of benzene rings is 1. The van der Waals surface area contributed by atoms with Gasteiger partial charge in [-0.1, -0.05) is 35.2 Å². The van der Waals surface area contributed by atoms with Crippen LogP contribution in [-0.2, 0) is 6.42 Å². The molecule has 1 atom stereocenters. The van der Waals surface area contributed by atoms with E-state index in [9.17, 15) is 0 Å². The van der Waals surface area contributed by atoms with Crippen molar-refractivity contribution in [2.45, 2.75) is 26.3 Å². The lowest BCUT2D eigenvalue weighted by molar-refractivity contribution is 0.633. The van der Waals surface area contributed by atoms with Crippen LogP contribution in [-0.4, -0.2) is 6.04 Å². The summed E-state index contributed by atoms with van der Waals surface area (Å²) < 4.78 is 0. The van der Waals surface area contributed by atoms with Crippen molar-refractivity contribution in [3.8, 4) is 12.3 Å². The monoisotopic (exact) mass is 188 g/mol. The van der Waals surface area contributed by atoms with Crippen molar-refractivity contribution in [1.29, 1.82) is 0 Å². The van der Waals surface area contributed by atoms with Crippen molar-refractivity contribution < 1.29 is 0 Å². The Balaban J connectivity index is 2.82. The average molecular weight is 188 g/mol. The molecule has 1 aromatic rings. The summed E-state index contributed by atoms with van der Waals surface area (Å²) in [5, 5.41) is 0. The summed E-state index contributed by atoms with van der Waals surface area (Å²) in [5.74, 6) is 7.92. The van der Waals surface area contributed by atoms with Gasteiger partial charge in [-0.3, -0.25) is 5.84 Å². The van der Waals surface area contributed by atoms with E-state index in [4.69, 9.17) is 12.3 Å². The fourth-order valence-electron chi connectivity index (χ4n) is 1.59. The Hall–Kier alpha value is -1.30. The summed E-state index contributed by atoms with van der Waals surface area (Å²) >= 11 is 0. The van der Waals surface area contributed by atoms with Crippen LogP contribution in [0.15, 0.2) is 18.2 Å². The number of nitrogens with two attached hydrogens (primary N) is 1. The molecule has 0 aliphatic heterocycles. The van der Waals surface area contributed by atoms with Crippen LogP contribution >= 0.6 is 0 Å². The lowest BCUT2D eigenvalue weighted by Gasteiger charge is -2.10. The summed E-state index contributed by atoms with van der Waals surface area (Å²) in [7, 11) is 0. The zero-order valence-electron chi connectivity index (χ0n) is 8.67. The third-order valence-electron chi connectivity index (χ3n) is 2.12. The molecular weight excluding hydrogens is 172 g/mol. The summed E-state index contributed by atoms with van der Waals surface area (Å²) in [5.41, 5.74) is 6.34. The number of terminal acetylenes is 1. The molecule has 1 rings (SSSR count). The third kappa shape index (κ3) is 2.88. The fourth-order valence-corrected chi connectivity index (χ4v) is 1.59. The second-order valence-corrected chi connectivity index (χ2v) is 3.59. The van der Waals surface area contributed by atoms with E-state index in [1.54, 1.807) is 0 Å². The van der Waals surface area contributed by atoms with Crippen LogP contribution in [0.5, 0.6) is 0 Å². The molecule has 0 aromatic heterocycles. The number of nitrogens with one attached hydrogen (secondary N) is 1. The Morgan fingerprint density at radius 1 is 1.36 bits per heavy atom. The van der Waals surface area contributed by atoms with Crippen molar-refractivity contribution in [2.24, 2.45) is 5.84 Å². The molecule has 0 fully saturated rings. The predicted molar refractivity (Wildman–Crippen MR) is 59.6 cm³/mol. The van der Waals surface area contributed by atoms with Gasteiger partial charge in [-0.05, 0) is 19.4 Å². The van der Waals surface area contributed by atoms with E-state index in [2.05, 4.69) is 43.4 Å². The highest BCUT2D eigenvalue weighted by atomic mass is 15.2. The van der Waals surface area contributed by atoms with Gasteiger partial charge in [-0.15, -0.1) is 6.42 Å². The molecule has 0 aliphatic carbocycles. The predicted octanol–water partition coefficient (Wildman–Crippen LogP) is 1.31. The SMILES string of the molecule is C#CC(Cc1cc(C)cc(C)c1)NN. The third-order valence-corrected chi connectivity index (χ3v) is 2.12. The van der Waals surface area contributed by atoms with Gasteiger partial charge in [-0.25, -0.2) is 5.43 Å². The van der Waals surface area contributed by atoms with Gasteiger partial charge in [0.25, 0.3) is 0 Å². The van der Waals surface area contributed by atoms with Crippen LogP contribution in [0.1, 0.15) is 16.7 Å². The lowest BCUT2D eigenvalue weighted by atomic mass is 10.0. The molecule has 0 bridgehead atoms. The van der Waals surface area contributed by atoms with Crippen LogP contribution in [0.4, 0.5) is 0 Å². The van der Waals surface area contributed by atoms with Gasteiger partial charge < -0.3 is 0 Å². The van der Waals surface area contributed by atoms with E-state index < -0.39 is 0 Å². The highest BCUT2D eigenvalue weighted by Crippen LogP contribution is 2.10. The summed E-state index contributed by atoms with van der Waals surface area (Å²) in [6.45, 7) is 4.16. The molecule has 0 heterocycles. The quantitative estimate of drug-likeness (QED) is 0.426.